The van der Waals surface area contributed by atoms with E-state index in [0.29, 0.717) is 35.6 Å². The maximum atomic E-state index is 14.2. The number of benzene rings is 3. The number of imide groups is 2. The molecule has 1 N–H and O–H groups in total. The Hall–Kier alpha value is -4.26. The van der Waals surface area contributed by atoms with E-state index >= 15 is 0 Å². The smallest absolute Gasteiger partial charge is 0.335 e. The molecule has 0 aromatic heterocycles. The van der Waals surface area contributed by atoms with Crippen molar-refractivity contribution in [3.8, 4) is 5.75 Å². The molecule has 7 heteroatoms. The number of amides is 4. The molecular weight excluding hydrogens is 447 g/mol. The number of urea groups is 1. The Morgan fingerprint density at radius 2 is 1.69 bits per heavy atom. The minimum atomic E-state index is -0.795. The molecule has 0 bridgehead atoms. The predicted molar refractivity (Wildman–Crippen MR) is 132 cm³/mol. The first-order chi connectivity index (χ1) is 16.9. The molecule has 35 heavy (non-hydrogen) atoms. The maximum Gasteiger partial charge on any atom is 0.335 e. The minimum absolute atomic E-state index is 0.173. The number of anilines is 1. The van der Waals surface area contributed by atoms with E-state index in [2.05, 4.69) is 5.32 Å². The number of ether oxygens (including phenoxy) is 1. The Morgan fingerprint density at radius 1 is 0.943 bits per heavy atom. The molecule has 3 aromatic rings. The molecule has 4 amide bonds. The Morgan fingerprint density at radius 3 is 2.37 bits per heavy atom. The van der Waals surface area contributed by atoms with Gasteiger partial charge in [0, 0.05) is 6.42 Å². The topological polar surface area (TPSA) is 75.7 Å². The van der Waals surface area contributed by atoms with Gasteiger partial charge in [-0.05, 0) is 65.9 Å². The molecule has 1 aliphatic heterocycles. The molecule has 0 unspecified atom stereocenters. The average Bonchev–Trinajstić information content (AvgIpc) is 2.85. The maximum absolute atomic E-state index is 14.2. The molecule has 4 rings (SSSR count). The van der Waals surface area contributed by atoms with E-state index in [9.17, 15) is 18.8 Å². The predicted octanol–water partition coefficient (Wildman–Crippen LogP) is 5.04. The second-order valence-corrected chi connectivity index (χ2v) is 8.05. The van der Waals surface area contributed by atoms with Crippen molar-refractivity contribution in [2.75, 3.05) is 11.5 Å². The molecule has 6 nitrogen and oxygen atoms in total. The van der Waals surface area contributed by atoms with Crippen molar-refractivity contribution in [3.63, 3.8) is 0 Å². The molecule has 3 aromatic carbocycles. The van der Waals surface area contributed by atoms with Crippen LogP contribution in [0.2, 0.25) is 0 Å². The summed E-state index contributed by atoms with van der Waals surface area (Å²) in [6.45, 7) is 4.23. The van der Waals surface area contributed by atoms with Gasteiger partial charge in [0.05, 0.1) is 12.3 Å². The standard InChI is InChI=1S/C28H25FN2O4/c1-3-18-10-13-22(14-11-18)31-27(33)23(26(32)30-28(31)34)15-19-9-12-21(25(16-19)35-4-2)17-20-7-5-6-8-24(20)29/h5-16H,3-4,17H2,1-2H3,(H,30,32,34)/b23-15+. The molecule has 1 heterocycles. The molecule has 0 radical (unpaired) electrons. The Kier molecular flexibility index (Phi) is 7.06. The summed E-state index contributed by atoms with van der Waals surface area (Å²) in [6, 6.07) is 17.9. The van der Waals surface area contributed by atoms with Gasteiger partial charge in [-0.3, -0.25) is 14.9 Å². The average molecular weight is 473 g/mol. The van der Waals surface area contributed by atoms with Gasteiger partial charge in [0.2, 0.25) is 0 Å². The van der Waals surface area contributed by atoms with Crippen LogP contribution in [0.5, 0.6) is 5.75 Å². The highest BCUT2D eigenvalue weighted by Crippen LogP contribution is 2.27. The number of nitrogens with zero attached hydrogens (tertiary/aromatic N) is 1. The fourth-order valence-electron chi connectivity index (χ4n) is 3.88. The summed E-state index contributed by atoms with van der Waals surface area (Å²) in [5.74, 6) is -1.26. The highest BCUT2D eigenvalue weighted by atomic mass is 19.1. The van der Waals surface area contributed by atoms with Gasteiger partial charge in [-0.25, -0.2) is 14.1 Å². The summed E-state index contributed by atoms with van der Waals surface area (Å²) in [5.41, 5.74) is 3.10. The van der Waals surface area contributed by atoms with Crippen LogP contribution in [0.15, 0.2) is 72.3 Å². The van der Waals surface area contributed by atoms with Crippen molar-refractivity contribution < 1.29 is 23.5 Å². The quantitative estimate of drug-likeness (QED) is 0.386. The summed E-state index contributed by atoms with van der Waals surface area (Å²) < 4.78 is 19.9. The van der Waals surface area contributed by atoms with Crippen molar-refractivity contribution >= 4 is 29.6 Å². The first kappa shape index (κ1) is 23.9. The highest BCUT2D eigenvalue weighted by Gasteiger charge is 2.36. The first-order valence-electron chi connectivity index (χ1n) is 11.4. The van der Waals surface area contributed by atoms with Crippen molar-refractivity contribution in [2.45, 2.75) is 26.7 Å². The highest BCUT2D eigenvalue weighted by molar-refractivity contribution is 6.39. The Labute approximate surface area is 203 Å². The third-order valence-electron chi connectivity index (χ3n) is 5.75. The fraction of sp³-hybridized carbons (Fsp3) is 0.179. The van der Waals surface area contributed by atoms with Crippen LogP contribution in [-0.4, -0.2) is 24.5 Å². The minimum Gasteiger partial charge on any atom is -0.494 e. The third kappa shape index (κ3) is 5.14. The van der Waals surface area contributed by atoms with Gasteiger partial charge in [0.15, 0.2) is 0 Å². The lowest BCUT2D eigenvalue weighted by Crippen LogP contribution is -2.54. The van der Waals surface area contributed by atoms with Crippen molar-refractivity contribution in [1.29, 1.82) is 0 Å². The van der Waals surface area contributed by atoms with Gasteiger partial charge >= 0.3 is 6.03 Å². The van der Waals surface area contributed by atoms with Gasteiger partial charge < -0.3 is 4.74 Å². The molecule has 178 valence electrons. The molecule has 1 aliphatic rings. The molecule has 0 spiro atoms. The molecule has 1 fully saturated rings. The summed E-state index contributed by atoms with van der Waals surface area (Å²) in [4.78, 5) is 39.1. The van der Waals surface area contributed by atoms with Crippen LogP contribution in [0.1, 0.15) is 36.1 Å². The number of carbonyl (C=O) groups is 3. The van der Waals surface area contributed by atoms with Gasteiger partial charge in [0.25, 0.3) is 11.8 Å². The van der Waals surface area contributed by atoms with Crippen molar-refractivity contribution in [3.05, 3.63) is 100 Å². The number of aryl methyl sites for hydroxylation is 1. The van der Waals surface area contributed by atoms with E-state index in [1.54, 1.807) is 48.5 Å². The van der Waals surface area contributed by atoms with Crippen LogP contribution in [0, 0.1) is 5.82 Å². The lowest BCUT2D eigenvalue weighted by Gasteiger charge is -2.26. The number of halogens is 1. The van der Waals surface area contributed by atoms with E-state index in [-0.39, 0.29) is 11.4 Å². The summed E-state index contributed by atoms with van der Waals surface area (Å²) in [5, 5.41) is 2.23. The second kappa shape index (κ2) is 10.3. The number of carbonyl (C=O) groups excluding carboxylic acids is 3. The van der Waals surface area contributed by atoms with E-state index in [0.717, 1.165) is 22.4 Å². The van der Waals surface area contributed by atoms with E-state index in [4.69, 9.17) is 4.74 Å². The van der Waals surface area contributed by atoms with Crippen molar-refractivity contribution in [2.24, 2.45) is 0 Å². The lowest BCUT2D eigenvalue weighted by molar-refractivity contribution is -0.122. The van der Waals surface area contributed by atoms with Crippen LogP contribution in [0.4, 0.5) is 14.9 Å². The Balaban J connectivity index is 1.66. The normalized spacial score (nSPS) is 14.9. The number of hydrogen-bond donors (Lipinski definition) is 1. The van der Waals surface area contributed by atoms with Crippen LogP contribution in [0.3, 0.4) is 0 Å². The number of hydrogen-bond acceptors (Lipinski definition) is 4. The second-order valence-electron chi connectivity index (χ2n) is 8.05. The van der Waals surface area contributed by atoms with Crippen LogP contribution in [-0.2, 0) is 22.4 Å². The number of nitrogens with one attached hydrogen (secondary N) is 1. The van der Waals surface area contributed by atoms with Crippen LogP contribution >= 0.6 is 0 Å². The lowest BCUT2D eigenvalue weighted by atomic mass is 10.00. The van der Waals surface area contributed by atoms with Gasteiger partial charge in [0.1, 0.15) is 17.1 Å². The van der Waals surface area contributed by atoms with Crippen LogP contribution in [0.25, 0.3) is 6.08 Å². The van der Waals surface area contributed by atoms with Gasteiger partial charge in [-0.2, -0.15) is 0 Å². The summed E-state index contributed by atoms with van der Waals surface area (Å²) >= 11 is 0. The Bertz CT molecular complexity index is 1310. The number of barbiturate groups is 1. The fourth-order valence-corrected chi connectivity index (χ4v) is 3.88. The summed E-state index contributed by atoms with van der Waals surface area (Å²) in [7, 11) is 0. The zero-order valence-electron chi connectivity index (χ0n) is 19.5. The van der Waals surface area contributed by atoms with E-state index < -0.39 is 17.8 Å². The van der Waals surface area contributed by atoms with E-state index in [1.165, 1.54) is 12.1 Å². The number of rotatable bonds is 7. The van der Waals surface area contributed by atoms with Crippen LogP contribution < -0.4 is 15.0 Å². The van der Waals surface area contributed by atoms with E-state index in [1.807, 2.05) is 26.0 Å². The largest absolute Gasteiger partial charge is 0.494 e. The molecule has 0 atom stereocenters. The van der Waals surface area contributed by atoms with Gasteiger partial charge in [-0.1, -0.05) is 49.4 Å². The zero-order valence-corrected chi connectivity index (χ0v) is 19.5. The molecule has 1 saturated heterocycles. The monoisotopic (exact) mass is 472 g/mol. The molecule has 0 aliphatic carbocycles. The first-order valence-corrected chi connectivity index (χ1v) is 11.4. The summed E-state index contributed by atoms with van der Waals surface area (Å²) in [6.07, 6.45) is 2.57. The molecule has 0 saturated carbocycles. The zero-order chi connectivity index (χ0) is 24.9. The van der Waals surface area contributed by atoms with Gasteiger partial charge in [-0.15, -0.1) is 0 Å². The van der Waals surface area contributed by atoms with Crippen molar-refractivity contribution in [1.82, 2.24) is 5.32 Å². The SMILES string of the molecule is CCOc1cc(/C=C2\C(=O)NC(=O)N(c3ccc(CC)cc3)C2=O)ccc1Cc1ccccc1F. The molecular formula is C28H25FN2O4. The third-order valence-corrected chi connectivity index (χ3v) is 5.75.